The maximum Gasteiger partial charge on any atom is 0.387 e. The number of ether oxygens (including phenoxy) is 2. The number of allylic oxidation sites excluding steroid dienone is 1. The molecule has 9 heteroatoms. The van der Waals surface area contributed by atoms with Crippen LogP contribution in [0.3, 0.4) is 0 Å². The minimum absolute atomic E-state index is 0.0438. The van der Waals surface area contributed by atoms with Gasteiger partial charge in [-0.3, -0.25) is 9.78 Å². The summed E-state index contributed by atoms with van der Waals surface area (Å²) in [5, 5.41) is 6.62. The Kier molecular flexibility index (Phi) is 7.69. The number of carbonyl (C=O) groups is 1. The molecule has 0 spiro atoms. The van der Waals surface area contributed by atoms with Gasteiger partial charge in [-0.05, 0) is 61.5 Å². The zero-order chi connectivity index (χ0) is 27.4. The Bertz CT molecular complexity index is 1660. The van der Waals surface area contributed by atoms with Gasteiger partial charge in [-0.1, -0.05) is 48.2 Å². The maximum absolute atomic E-state index is 13.1. The number of carbonyl (C=O) groups excluding carboxylic acids is 1. The van der Waals surface area contributed by atoms with Gasteiger partial charge in [-0.15, -0.1) is 0 Å². The van der Waals surface area contributed by atoms with E-state index >= 15 is 0 Å². The fraction of sp³-hybridized carbons (Fsp3) is 0.100. The second kappa shape index (κ2) is 11.5. The van der Waals surface area contributed by atoms with Crippen LogP contribution in [0.25, 0.3) is 22.7 Å². The van der Waals surface area contributed by atoms with Crippen molar-refractivity contribution in [3.63, 3.8) is 0 Å². The first-order chi connectivity index (χ1) is 18.9. The molecule has 0 bridgehead atoms. The highest BCUT2D eigenvalue weighted by Crippen LogP contribution is 2.38. The highest BCUT2D eigenvalue weighted by atomic mass is 32.2. The number of ketones is 1. The number of rotatable bonds is 9. The highest BCUT2D eigenvalue weighted by molar-refractivity contribution is 7.99. The lowest BCUT2D eigenvalue weighted by molar-refractivity contribution is -0.0512. The number of nitrogens with zero attached hydrogens (tertiary/aromatic N) is 3. The second-order valence-electron chi connectivity index (χ2n) is 8.43. The quantitative estimate of drug-likeness (QED) is 0.143. The molecule has 0 aliphatic heterocycles. The molecule has 5 rings (SSSR count). The SMILES string of the molecule is COc1cc(C(=O)/C=C/c2c(C)nn(-c3ccccc3)c2Sc2cccc3cccnc23)ccc1OC(F)F. The van der Waals surface area contributed by atoms with Crippen LogP contribution >= 0.6 is 11.8 Å². The fourth-order valence-corrected chi connectivity index (χ4v) is 5.27. The van der Waals surface area contributed by atoms with E-state index in [9.17, 15) is 13.6 Å². The van der Waals surface area contributed by atoms with Crippen LogP contribution in [0.2, 0.25) is 0 Å². The molecule has 0 radical (unpaired) electrons. The lowest BCUT2D eigenvalue weighted by Crippen LogP contribution is -2.04. The first-order valence-electron chi connectivity index (χ1n) is 12.0. The van der Waals surface area contributed by atoms with Crippen molar-refractivity contribution >= 4 is 34.5 Å². The number of fused-ring (bicyclic) bond motifs is 1. The van der Waals surface area contributed by atoms with Crippen LogP contribution in [0.4, 0.5) is 8.78 Å². The molecule has 3 aromatic carbocycles. The molecule has 0 atom stereocenters. The predicted octanol–water partition coefficient (Wildman–Crippen LogP) is 7.39. The lowest BCUT2D eigenvalue weighted by atomic mass is 10.1. The molecule has 5 aromatic rings. The van der Waals surface area contributed by atoms with E-state index in [1.807, 2.05) is 72.3 Å². The average molecular weight is 544 g/mol. The summed E-state index contributed by atoms with van der Waals surface area (Å²) in [5.74, 6) is -0.427. The summed E-state index contributed by atoms with van der Waals surface area (Å²) in [4.78, 5) is 18.6. The van der Waals surface area contributed by atoms with Crippen LogP contribution < -0.4 is 9.47 Å². The number of aryl methyl sites for hydroxylation is 1. The lowest BCUT2D eigenvalue weighted by Gasteiger charge is -2.10. The van der Waals surface area contributed by atoms with Gasteiger partial charge in [0.25, 0.3) is 0 Å². The summed E-state index contributed by atoms with van der Waals surface area (Å²) >= 11 is 1.52. The fourth-order valence-electron chi connectivity index (χ4n) is 4.08. The largest absolute Gasteiger partial charge is 0.493 e. The van der Waals surface area contributed by atoms with Crippen LogP contribution in [-0.4, -0.2) is 34.3 Å². The summed E-state index contributed by atoms with van der Waals surface area (Å²) in [6.07, 6.45) is 4.92. The Morgan fingerprint density at radius 2 is 1.79 bits per heavy atom. The summed E-state index contributed by atoms with van der Waals surface area (Å²) < 4.78 is 36.8. The molecular formula is C30H23F2N3O3S. The molecule has 0 aliphatic carbocycles. The molecular weight excluding hydrogens is 520 g/mol. The van der Waals surface area contributed by atoms with Crippen molar-refractivity contribution in [1.82, 2.24) is 14.8 Å². The summed E-state index contributed by atoms with van der Waals surface area (Å²) in [6, 6.07) is 23.7. The summed E-state index contributed by atoms with van der Waals surface area (Å²) in [7, 11) is 1.32. The van der Waals surface area contributed by atoms with E-state index in [4.69, 9.17) is 9.84 Å². The van der Waals surface area contributed by atoms with Gasteiger partial charge in [-0.2, -0.15) is 13.9 Å². The summed E-state index contributed by atoms with van der Waals surface area (Å²) in [5.41, 5.74) is 3.52. The predicted molar refractivity (Wildman–Crippen MR) is 147 cm³/mol. The van der Waals surface area contributed by atoms with Gasteiger partial charge < -0.3 is 9.47 Å². The Balaban J connectivity index is 1.54. The minimum atomic E-state index is -3.00. The van der Waals surface area contributed by atoms with Gasteiger partial charge in [0.2, 0.25) is 0 Å². The van der Waals surface area contributed by atoms with Crippen molar-refractivity contribution in [1.29, 1.82) is 0 Å². The standard InChI is InChI=1S/C30H23F2N3O3S/c1-19-23(14-15-24(36)21-13-16-25(38-30(31)32)26(18-21)37-2)29(35(34-19)22-10-4-3-5-11-22)39-27-12-6-8-20-9-7-17-33-28(20)27/h3-18,30H,1-2H3/b15-14+. The van der Waals surface area contributed by atoms with Crippen LogP contribution in [0, 0.1) is 6.92 Å². The van der Waals surface area contributed by atoms with Crippen molar-refractivity contribution in [2.75, 3.05) is 7.11 Å². The maximum atomic E-state index is 13.1. The molecule has 0 aliphatic rings. The Morgan fingerprint density at radius 1 is 1.00 bits per heavy atom. The number of para-hydroxylation sites is 2. The molecule has 0 fully saturated rings. The van der Waals surface area contributed by atoms with Gasteiger partial charge in [0.15, 0.2) is 17.3 Å². The van der Waals surface area contributed by atoms with E-state index in [0.717, 1.165) is 37.8 Å². The van der Waals surface area contributed by atoms with E-state index in [-0.39, 0.29) is 22.8 Å². The van der Waals surface area contributed by atoms with Crippen molar-refractivity contribution < 1.29 is 23.0 Å². The van der Waals surface area contributed by atoms with E-state index in [1.165, 1.54) is 43.1 Å². The number of methoxy groups -OCH3 is 1. The number of hydrogen-bond acceptors (Lipinski definition) is 6. The minimum Gasteiger partial charge on any atom is -0.493 e. The normalized spacial score (nSPS) is 11.4. The molecule has 2 aromatic heterocycles. The van der Waals surface area contributed by atoms with Crippen molar-refractivity contribution in [3.8, 4) is 17.2 Å². The van der Waals surface area contributed by atoms with Gasteiger partial charge in [0, 0.05) is 27.6 Å². The van der Waals surface area contributed by atoms with Gasteiger partial charge >= 0.3 is 6.61 Å². The van der Waals surface area contributed by atoms with Crippen molar-refractivity contribution in [2.45, 2.75) is 23.5 Å². The number of aromatic nitrogens is 3. The monoisotopic (exact) mass is 543 g/mol. The first-order valence-corrected chi connectivity index (χ1v) is 12.8. The number of halogens is 2. The molecule has 196 valence electrons. The molecule has 6 nitrogen and oxygen atoms in total. The Morgan fingerprint density at radius 3 is 2.56 bits per heavy atom. The molecule has 0 amide bonds. The number of alkyl halides is 2. The average Bonchev–Trinajstić information content (AvgIpc) is 3.26. The summed E-state index contributed by atoms with van der Waals surface area (Å²) in [6.45, 7) is -1.12. The second-order valence-corrected chi connectivity index (χ2v) is 9.46. The topological polar surface area (TPSA) is 66.2 Å². The van der Waals surface area contributed by atoms with Gasteiger partial charge in [0.1, 0.15) is 5.03 Å². The van der Waals surface area contributed by atoms with E-state index in [2.05, 4.69) is 9.72 Å². The molecule has 0 saturated heterocycles. The van der Waals surface area contributed by atoms with Crippen molar-refractivity contribution in [3.05, 3.63) is 108 Å². The zero-order valence-electron chi connectivity index (χ0n) is 21.0. The van der Waals surface area contributed by atoms with E-state index in [1.54, 1.807) is 12.3 Å². The third-order valence-electron chi connectivity index (χ3n) is 5.93. The van der Waals surface area contributed by atoms with Crippen molar-refractivity contribution in [2.24, 2.45) is 0 Å². The smallest absolute Gasteiger partial charge is 0.387 e. The first kappa shape index (κ1) is 26.1. The number of pyridine rings is 1. The zero-order valence-corrected chi connectivity index (χ0v) is 21.9. The third kappa shape index (κ3) is 5.68. The van der Waals surface area contributed by atoms with Crippen LogP contribution in [0.1, 0.15) is 21.6 Å². The van der Waals surface area contributed by atoms with Gasteiger partial charge in [0.05, 0.1) is 24.0 Å². The van der Waals surface area contributed by atoms with Gasteiger partial charge in [-0.25, -0.2) is 4.68 Å². The van der Waals surface area contributed by atoms with E-state index in [0.29, 0.717) is 0 Å². The third-order valence-corrected chi connectivity index (χ3v) is 7.07. The van der Waals surface area contributed by atoms with Crippen LogP contribution in [0.5, 0.6) is 11.5 Å². The van der Waals surface area contributed by atoms with Crippen LogP contribution in [0.15, 0.2) is 101 Å². The Hall–Kier alpha value is -4.50. The molecule has 2 heterocycles. The Labute approximate surface area is 227 Å². The highest BCUT2D eigenvalue weighted by Gasteiger charge is 2.19. The number of benzene rings is 3. The van der Waals surface area contributed by atoms with E-state index < -0.39 is 6.61 Å². The number of hydrogen-bond donors (Lipinski definition) is 0. The van der Waals surface area contributed by atoms with Crippen LogP contribution in [-0.2, 0) is 0 Å². The molecule has 0 saturated carbocycles. The molecule has 0 unspecified atom stereocenters. The molecule has 0 N–H and O–H groups in total. The molecule has 39 heavy (non-hydrogen) atoms.